The molecule has 2 fully saturated rings. The Bertz CT molecular complexity index is 292. The van der Waals surface area contributed by atoms with E-state index in [-0.39, 0.29) is 0 Å². The number of hydrogen-bond acceptors (Lipinski definition) is 3. The third-order valence-electron chi connectivity index (χ3n) is 4.13. The summed E-state index contributed by atoms with van der Waals surface area (Å²) in [5, 5.41) is 0. The highest BCUT2D eigenvalue weighted by Crippen LogP contribution is 2.24. The number of likely N-dealkylation sites (N-methyl/N-ethyl adjacent to an activating group) is 1. The summed E-state index contributed by atoms with van der Waals surface area (Å²) in [5.74, 6) is 0.707. The predicted octanol–water partition coefficient (Wildman–Crippen LogP) is 0.0312. The number of piperazine rings is 1. The van der Waals surface area contributed by atoms with Crippen LogP contribution < -0.4 is 5.73 Å². The summed E-state index contributed by atoms with van der Waals surface area (Å²) in [6.45, 7) is 7.67. The van der Waals surface area contributed by atoms with Gasteiger partial charge in [-0.25, -0.2) is 0 Å². The summed E-state index contributed by atoms with van der Waals surface area (Å²) in [4.78, 5) is 11.6. The molecule has 0 radical (unpaired) electrons. The molecule has 2 N–H and O–H groups in total. The number of nitrogens with two attached hydrogens (primary N) is 1. The molecule has 0 aromatic heterocycles. The summed E-state index contributed by atoms with van der Waals surface area (Å²) < 4.78 is 0. The Morgan fingerprint density at radius 2 is 1.94 bits per heavy atom. The van der Waals surface area contributed by atoms with Gasteiger partial charge in [0.2, 0.25) is 0 Å². The van der Waals surface area contributed by atoms with E-state index in [9.17, 15) is 0 Å². The molecule has 0 aromatic carbocycles. The molecule has 0 spiro atoms. The largest absolute Gasteiger partial charge is 0.370 e. The molecule has 5 nitrogen and oxygen atoms in total. The van der Waals surface area contributed by atoms with Crippen molar-refractivity contribution in [3.05, 3.63) is 0 Å². The molecule has 1 saturated heterocycles. The SMILES string of the molecule is CC(CN=C(N)N(C)C1CC1)N1CCN(C)CC1. The van der Waals surface area contributed by atoms with Gasteiger partial charge in [-0.05, 0) is 26.8 Å². The van der Waals surface area contributed by atoms with Crippen LogP contribution in [-0.2, 0) is 0 Å². The zero-order valence-corrected chi connectivity index (χ0v) is 12.0. The second-order valence-corrected chi connectivity index (χ2v) is 5.73. The lowest BCUT2D eigenvalue weighted by Crippen LogP contribution is -2.49. The number of nitrogens with zero attached hydrogens (tertiary/aromatic N) is 4. The van der Waals surface area contributed by atoms with Crippen LogP contribution >= 0.6 is 0 Å². The third-order valence-corrected chi connectivity index (χ3v) is 4.13. The zero-order valence-electron chi connectivity index (χ0n) is 12.0. The van der Waals surface area contributed by atoms with Crippen molar-refractivity contribution >= 4 is 5.96 Å². The van der Waals surface area contributed by atoms with Gasteiger partial charge in [-0.3, -0.25) is 9.89 Å². The van der Waals surface area contributed by atoms with Crippen LogP contribution in [0, 0.1) is 0 Å². The number of aliphatic imine (C=N–C) groups is 1. The van der Waals surface area contributed by atoms with E-state index in [2.05, 4.69) is 40.7 Å². The minimum absolute atomic E-state index is 0.491. The standard InChI is InChI=1S/C13H27N5/c1-11(18-8-6-16(2)7-9-18)10-15-13(14)17(3)12-4-5-12/h11-12H,4-10H2,1-3H3,(H2,14,15). The lowest BCUT2D eigenvalue weighted by atomic mass is 10.2. The van der Waals surface area contributed by atoms with Crippen molar-refractivity contribution in [2.24, 2.45) is 10.7 Å². The third kappa shape index (κ3) is 3.59. The topological polar surface area (TPSA) is 48.1 Å². The lowest BCUT2D eigenvalue weighted by molar-refractivity contribution is 0.122. The molecule has 2 rings (SSSR count). The zero-order chi connectivity index (χ0) is 13.1. The number of rotatable bonds is 4. The molecule has 104 valence electrons. The first-order valence-electron chi connectivity index (χ1n) is 7.03. The predicted molar refractivity (Wildman–Crippen MR) is 75.8 cm³/mol. The monoisotopic (exact) mass is 253 g/mol. The normalized spacial score (nSPS) is 25.2. The molecule has 1 atom stereocenters. The maximum Gasteiger partial charge on any atom is 0.191 e. The minimum atomic E-state index is 0.491. The van der Waals surface area contributed by atoms with Crippen molar-refractivity contribution in [3.8, 4) is 0 Å². The Balaban J connectivity index is 1.76. The first kappa shape index (κ1) is 13.6. The second-order valence-electron chi connectivity index (χ2n) is 5.73. The van der Waals surface area contributed by atoms with Gasteiger partial charge in [0, 0.05) is 45.3 Å². The van der Waals surface area contributed by atoms with Gasteiger partial charge in [0.25, 0.3) is 0 Å². The van der Waals surface area contributed by atoms with Crippen LogP contribution in [0.4, 0.5) is 0 Å². The highest BCUT2D eigenvalue weighted by molar-refractivity contribution is 5.78. The fourth-order valence-corrected chi connectivity index (χ4v) is 2.36. The molecule has 2 aliphatic rings. The van der Waals surface area contributed by atoms with E-state index in [4.69, 9.17) is 5.73 Å². The molecular formula is C13H27N5. The van der Waals surface area contributed by atoms with E-state index in [1.807, 2.05) is 0 Å². The average Bonchev–Trinajstić information content (AvgIpc) is 3.19. The number of guanidine groups is 1. The maximum atomic E-state index is 6.01. The van der Waals surface area contributed by atoms with Crippen LogP contribution in [0.25, 0.3) is 0 Å². The van der Waals surface area contributed by atoms with Crippen LogP contribution in [0.15, 0.2) is 4.99 Å². The number of hydrogen-bond donors (Lipinski definition) is 1. The van der Waals surface area contributed by atoms with E-state index in [1.165, 1.54) is 12.8 Å². The molecule has 1 saturated carbocycles. The Kier molecular flexibility index (Phi) is 4.45. The average molecular weight is 253 g/mol. The van der Waals surface area contributed by atoms with E-state index < -0.39 is 0 Å². The second kappa shape index (κ2) is 5.89. The van der Waals surface area contributed by atoms with Gasteiger partial charge in [-0.1, -0.05) is 0 Å². The Labute approximate surface area is 111 Å². The van der Waals surface area contributed by atoms with Crippen LogP contribution in [0.1, 0.15) is 19.8 Å². The van der Waals surface area contributed by atoms with Crippen LogP contribution in [0.2, 0.25) is 0 Å². The molecule has 5 heteroatoms. The minimum Gasteiger partial charge on any atom is -0.370 e. The summed E-state index contributed by atoms with van der Waals surface area (Å²) >= 11 is 0. The van der Waals surface area contributed by atoms with Crippen molar-refractivity contribution < 1.29 is 0 Å². The van der Waals surface area contributed by atoms with Crippen LogP contribution in [0.3, 0.4) is 0 Å². The van der Waals surface area contributed by atoms with Gasteiger partial charge in [-0.15, -0.1) is 0 Å². The van der Waals surface area contributed by atoms with Crippen LogP contribution in [-0.4, -0.2) is 79.6 Å². The highest BCUT2D eigenvalue weighted by atomic mass is 15.3. The Morgan fingerprint density at radius 3 is 2.50 bits per heavy atom. The van der Waals surface area contributed by atoms with E-state index in [0.29, 0.717) is 18.0 Å². The first-order chi connectivity index (χ1) is 8.58. The van der Waals surface area contributed by atoms with E-state index in [1.54, 1.807) is 0 Å². The first-order valence-corrected chi connectivity index (χ1v) is 7.03. The van der Waals surface area contributed by atoms with Crippen molar-refractivity contribution in [3.63, 3.8) is 0 Å². The summed E-state index contributed by atoms with van der Waals surface area (Å²) in [5.41, 5.74) is 6.01. The Morgan fingerprint density at radius 1 is 1.33 bits per heavy atom. The van der Waals surface area contributed by atoms with Crippen LogP contribution in [0.5, 0.6) is 0 Å². The lowest BCUT2D eigenvalue weighted by Gasteiger charge is -2.36. The molecule has 0 bridgehead atoms. The smallest absolute Gasteiger partial charge is 0.191 e. The van der Waals surface area contributed by atoms with Gasteiger partial charge >= 0.3 is 0 Å². The van der Waals surface area contributed by atoms with Gasteiger partial charge in [0.15, 0.2) is 5.96 Å². The quantitative estimate of drug-likeness (QED) is 0.567. The maximum absolute atomic E-state index is 6.01. The van der Waals surface area contributed by atoms with E-state index >= 15 is 0 Å². The Hall–Kier alpha value is -0.810. The van der Waals surface area contributed by atoms with Gasteiger partial charge in [0.1, 0.15) is 0 Å². The molecule has 0 amide bonds. The van der Waals surface area contributed by atoms with Gasteiger partial charge in [-0.2, -0.15) is 0 Å². The van der Waals surface area contributed by atoms with Gasteiger partial charge < -0.3 is 15.5 Å². The molecule has 18 heavy (non-hydrogen) atoms. The molecule has 1 aliphatic carbocycles. The molecule has 1 heterocycles. The van der Waals surface area contributed by atoms with Crippen molar-refractivity contribution in [2.45, 2.75) is 31.8 Å². The highest BCUT2D eigenvalue weighted by Gasteiger charge is 2.27. The van der Waals surface area contributed by atoms with Crippen molar-refractivity contribution in [1.29, 1.82) is 0 Å². The fourth-order valence-electron chi connectivity index (χ4n) is 2.36. The molecule has 0 aromatic rings. The van der Waals surface area contributed by atoms with E-state index in [0.717, 1.165) is 32.7 Å². The summed E-state index contributed by atoms with van der Waals surface area (Å²) in [6.07, 6.45) is 2.53. The molecule has 1 unspecified atom stereocenters. The molecule has 1 aliphatic heterocycles. The summed E-state index contributed by atoms with van der Waals surface area (Å²) in [7, 11) is 4.24. The van der Waals surface area contributed by atoms with Crippen molar-refractivity contribution in [1.82, 2.24) is 14.7 Å². The fraction of sp³-hybridized carbons (Fsp3) is 0.923. The molecular weight excluding hydrogens is 226 g/mol. The van der Waals surface area contributed by atoms with Gasteiger partial charge in [0.05, 0.1) is 6.54 Å². The van der Waals surface area contributed by atoms with Crippen molar-refractivity contribution in [2.75, 3.05) is 46.8 Å². The summed E-state index contributed by atoms with van der Waals surface area (Å²) in [6, 6.07) is 1.14.